The molecule has 0 saturated carbocycles. The van der Waals surface area contributed by atoms with Gasteiger partial charge in [-0.15, -0.1) is 0 Å². The van der Waals surface area contributed by atoms with E-state index in [1.165, 1.54) is 24.3 Å². The topological polar surface area (TPSA) is 84.5 Å². The summed E-state index contributed by atoms with van der Waals surface area (Å²) < 4.78 is 33.1. The van der Waals surface area contributed by atoms with E-state index in [4.69, 9.17) is 16.3 Å². The van der Waals surface area contributed by atoms with Gasteiger partial charge in [-0.3, -0.25) is 9.52 Å². The predicted octanol–water partition coefficient (Wildman–Crippen LogP) is 4.71. The molecule has 0 bridgehead atoms. The van der Waals surface area contributed by atoms with E-state index in [1.807, 2.05) is 44.2 Å². The molecule has 0 spiro atoms. The number of halogens is 1. The van der Waals surface area contributed by atoms with Crippen molar-refractivity contribution in [3.63, 3.8) is 0 Å². The number of rotatable bonds is 8. The smallest absolute Gasteiger partial charge is 0.261 e. The lowest BCUT2D eigenvalue weighted by Crippen LogP contribution is -2.31. The lowest BCUT2D eigenvalue weighted by atomic mass is 10.1. The molecule has 2 N–H and O–H groups in total. The molecule has 162 valence electrons. The molecule has 6 nitrogen and oxygen atoms in total. The third-order valence-electron chi connectivity index (χ3n) is 4.61. The summed E-state index contributed by atoms with van der Waals surface area (Å²) in [5.74, 6) is 0.116. The van der Waals surface area contributed by atoms with Crippen molar-refractivity contribution in [3.05, 3.63) is 88.9 Å². The first-order valence-electron chi connectivity index (χ1n) is 9.61. The Labute approximate surface area is 187 Å². The van der Waals surface area contributed by atoms with E-state index in [0.29, 0.717) is 16.5 Å². The van der Waals surface area contributed by atoms with Crippen LogP contribution in [-0.4, -0.2) is 20.9 Å². The average Bonchev–Trinajstić information content (AvgIpc) is 2.75. The van der Waals surface area contributed by atoms with Crippen LogP contribution in [0.1, 0.15) is 24.1 Å². The van der Waals surface area contributed by atoms with Gasteiger partial charge in [-0.2, -0.15) is 0 Å². The Balaban J connectivity index is 1.56. The molecule has 0 aliphatic carbocycles. The van der Waals surface area contributed by atoms with Gasteiger partial charge in [-0.25, -0.2) is 8.42 Å². The van der Waals surface area contributed by atoms with Gasteiger partial charge in [0.1, 0.15) is 5.75 Å². The van der Waals surface area contributed by atoms with E-state index in [2.05, 4.69) is 10.0 Å². The zero-order valence-electron chi connectivity index (χ0n) is 17.1. The molecule has 0 aromatic heterocycles. The molecular weight excluding hydrogens is 436 g/mol. The van der Waals surface area contributed by atoms with E-state index in [0.717, 1.165) is 11.1 Å². The lowest BCUT2D eigenvalue weighted by molar-refractivity contribution is -0.123. The molecule has 3 aromatic rings. The third-order valence-corrected chi connectivity index (χ3v) is 6.41. The predicted molar refractivity (Wildman–Crippen MR) is 122 cm³/mol. The largest absolute Gasteiger partial charge is 0.484 e. The Kier molecular flexibility index (Phi) is 7.20. The van der Waals surface area contributed by atoms with Crippen LogP contribution in [0.2, 0.25) is 5.02 Å². The Hall–Kier alpha value is -3.03. The number of hydrogen-bond donors (Lipinski definition) is 2. The van der Waals surface area contributed by atoms with Crippen LogP contribution in [0.4, 0.5) is 5.69 Å². The molecule has 0 aliphatic rings. The zero-order valence-corrected chi connectivity index (χ0v) is 18.7. The van der Waals surface area contributed by atoms with Crippen molar-refractivity contribution in [2.24, 2.45) is 0 Å². The molecule has 3 rings (SSSR count). The van der Waals surface area contributed by atoms with Crippen molar-refractivity contribution in [1.82, 2.24) is 5.32 Å². The second-order valence-corrected chi connectivity index (χ2v) is 9.12. The maximum absolute atomic E-state index is 12.6. The van der Waals surface area contributed by atoms with Gasteiger partial charge in [-0.05, 0) is 61.4 Å². The standard InChI is InChI=1S/C23H23ClN2O4S/c1-16-8-9-19(14-22(16)24)26-31(28,29)21-12-10-20(11-13-21)30-15-23(27)25-17(2)18-6-4-3-5-7-18/h3-14,17,26H,15H2,1-2H3,(H,25,27)/t17-/m0/s1. The first-order valence-corrected chi connectivity index (χ1v) is 11.5. The second-order valence-electron chi connectivity index (χ2n) is 7.03. The van der Waals surface area contributed by atoms with Gasteiger partial charge in [0.25, 0.3) is 15.9 Å². The van der Waals surface area contributed by atoms with Crippen molar-refractivity contribution < 1.29 is 17.9 Å². The molecule has 1 atom stereocenters. The summed E-state index contributed by atoms with van der Waals surface area (Å²) >= 11 is 6.05. The SMILES string of the molecule is Cc1ccc(NS(=O)(=O)c2ccc(OCC(=O)N[C@@H](C)c3ccccc3)cc2)cc1Cl. The Bertz CT molecular complexity index is 1150. The van der Waals surface area contributed by atoms with Gasteiger partial charge in [0.2, 0.25) is 0 Å². The quantitative estimate of drug-likeness (QED) is 0.512. The zero-order chi connectivity index (χ0) is 22.4. The lowest BCUT2D eigenvalue weighted by Gasteiger charge is -2.15. The van der Waals surface area contributed by atoms with Gasteiger partial charge in [-0.1, -0.05) is 48.0 Å². The highest BCUT2D eigenvalue weighted by atomic mass is 35.5. The molecule has 0 unspecified atom stereocenters. The van der Waals surface area contributed by atoms with Crippen LogP contribution in [0.3, 0.4) is 0 Å². The molecule has 8 heteroatoms. The number of carbonyl (C=O) groups is 1. The van der Waals surface area contributed by atoms with Crippen LogP contribution in [0, 0.1) is 6.92 Å². The van der Waals surface area contributed by atoms with Gasteiger partial charge in [0.15, 0.2) is 6.61 Å². The van der Waals surface area contributed by atoms with Crippen LogP contribution in [0.15, 0.2) is 77.7 Å². The van der Waals surface area contributed by atoms with Crippen LogP contribution < -0.4 is 14.8 Å². The fourth-order valence-corrected chi connectivity index (χ4v) is 4.07. The summed E-state index contributed by atoms with van der Waals surface area (Å²) in [7, 11) is -3.78. The Morgan fingerprint density at radius 2 is 1.71 bits per heavy atom. The number of anilines is 1. The molecule has 3 aromatic carbocycles. The van der Waals surface area contributed by atoms with Crippen LogP contribution in [-0.2, 0) is 14.8 Å². The van der Waals surface area contributed by atoms with Crippen molar-refractivity contribution in [3.8, 4) is 5.75 Å². The fraction of sp³-hybridized carbons (Fsp3) is 0.174. The van der Waals surface area contributed by atoms with Crippen molar-refractivity contribution in [2.75, 3.05) is 11.3 Å². The first-order chi connectivity index (χ1) is 14.7. The molecule has 1 amide bonds. The van der Waals surface area contributed by atoms with Crippen molar-refractivity contribution in [2.45, 2.75) is 24.8 Å². The summed E-state index contributed by atoms with van der Waals surface area (Å²) in [6.45, 7) is 3.55. The average molecular weight is 459 g/mol. The first kappa shape index (κ1) is 22.7. The highest BCUT2D eigenvalue weighted by Crippen LogP contribution is 2.23. The normalized spacial score (nSPS) is 12.1. The number of carbonyl (C=O) groups excluding carboxylic acids is 1. The molecule has 31 heavy (non-hydrogen) atoms. The molecular formula is C23H23ClN2O4S. The molecule has 0 fully saturated rings. The van der Waals surface area contributed by atoms with E-state index in [1.54, 1.807) is 18.2 Å². The number of ether oxygens (including phenoxy) is 1. The number of benzene rings is 3. The number of aryl methyl sites for hydroxylation is 1. The van der Waals surface area contributed by atoms with Gasteiger partial charge in [0.05, 0.1) is 16.6 Å². The third kappa shape index (κ3) is 6.23. The summed E-state index contributed by atoms with van der Waals surface area (Å²) in [4.78, 5) is 12.2. The number of sulfonamides is 1. The van der Waals surface area contributed by atoms with Gasteiger partial charge in [0, 0.05) is 5.02 Å². The van der Waals surface area contributed by atoms with Crippen LogP contribution in [0.5, 0.6) is 5.75 Å². The summed E-state index contributed by atoms with van der Waals surface area (Å²) in [6.07, 6.45) is 0. The molecule has 0 radical (unpaired) electrons. The summed E-state index contributed by atoms with van der Waals surface area (Å²) in [6, 6.07) is 20.2. The Morgan fingerprint density at radius 3 is 2.35 bits per heavy atom. The van der Waals surface area contributed by atoms with Gasteiger partial charge >= 0.3 is 0 Å². The minimum absolute atomic E-state index is 0.0682. The number of amides is 1. The highest BCUT2D eigenvalue weighted by molar-refractivity contribution is 7.92. The maximum atomic E-state index is 12.6. The highest BCUT2D eigenvalue weighted by Gasteiger charge is 2.15. The molecule has 0 aliphatic heterocycles. The molecule has 0 saturated heterocycles. The van der Waals surface area contributed by atoms with E-state index in [-0.39, 0.29) is 23.5 Å². The van der Waals surface area contributed by atoms with Crippen molar-refractivity contribution >= 4 is 33.2 Å². The summed E-state index contributed by atoms with van der Waals surface area (Å²) in [5, 5.41) is 3.33. The fourth-order valence-electron chi connectivity index (χ4n) is 2.84. The van der Waals surface area contributed by atoms with Gasteiger partial charge < -0.3 is 10.1 Å². The number of nitrogens with one attached hydrogen (secondary N) is 2. The maximum Gasteiger partial charge on any atom is 0.261 e. The number of hydrogen-bond acceptors (Lipinski definition) is 4. The van der Waals surface area contributed by atoms with E-state index < -0.39 is 10.0 Å². The van der Waals surface area contributed by atoms with E-state index >= 15 is 0 Å². The minimum atomic E-state index is -3.78. The van der Waals surface area contributed by atoms with Crippen molar-refractivity contribution in [1.29, 1.82) is 0 Å². The van der Waals surface area contributed by atoms with Crippen LogP contribution >= 0.6 is 11.6 Å². The Morgan fingerprint density at radius 1 is 1.03 bits per heavy atom. The summed E-state index contributed by atoms with van der Waals surface area (Å²) in [5.41, 5.74) is 2.22. The molecule has 0 heterocycles. The van der Waals surface area contributed by atoms with Crippen LogP contribution in [0.25, 0.3) is 0 Å². The monoisotopic (exact) mass is 458 g/mol. The minimum Gasteiger partial charge on any atom is -0.484 e. The van der Waals surface area contributed by atoms with E-state index in [9.17, 15) is 13.2 Å². The second kappa shape index (κ2) is 9.85.